The van der Waals surface area contributed by atoms with E-state index in [2.05, 4.69) is 18.7 Å². The van der Waals surface area contributed by atoms with Gasteiger partial charge in [0.25, 0.3) is 0 Å². The van der Waals surface area contributed by atoms with E-state index in [1.165, 1.54) is 0 Å². The third-order valence-corrected chi connectivity index (χ3v) is 7.53. The molecule has 3 saturated heterocycles. The summed E-state index contributed by atoms with van der Waals surface area (Å²) in [6, 6.07) is 0. The summed E-state index contributed by atoms with van der Waals surface area (Å²) in [7, 11) is -2.38. The highest BCUT2D eigenvalue weighted by atomic mass is 32.2. The molecule has 0 radical (unpaired) electrons. The normalized spacial score (nSPS) is 40.1. The lowest BCUT2D eigenvalue weighted by atomic mass is 10.3. The summed E-state index contributed by atoms with van der Waals surface area (Å²) < 4.78 is 18.0. The first kappa shape index (κ1) is 12.9. The lowest BCUT2D eigenvalue weighted by Crippen LogP contribution is -2.59. The summed E-state index contributed by atoms with van der Waals surface area (Å²) in [4.78, 5) is 2.36. The van der Waals surface area contributed by atoms with Gasteiger partial charge in [-0.1, -0.05) is 6.92 Å². The van der Waals surface area contributed by atoms with E-state index < -0.39 is 8.80 Å². The number of hydrogen-bond acceptors (Lipinski definition) is 5. The fourth-order valence-corrected chi connectivity index (χ4v) is 6.58. The van der Waals surface area contributed by atoms with Crippen LogP contribution in [-0.2, 0) is 13.3 Å². The Balaban J connectivity index is 2.05. The topological polar surface area (TPSA) is 30.9 Å². The van der Waals surface area contributed by atoms with Gasteiger partial charge in [0, 0.05) is 19.6 Å². The largest absolute Gasteiger partial charge is 0.511 e. The number of hydrogen-bond donors (Lipinski definition) is 0. The Labute approximate surface area is 103 Å². The van der Waals surface area contributed by atoms with Crippen molar-refractivity contribution >= 4 is 20.6 Å². The van der Waals surface area contributed by atoms with Crippen LogP contribution in [0.3, 0.4) is 0 Å². The number of fused-ring (bicyclic) bond motifs is 6. The van der Waals surface area contributed by atoms with Crippen molar-refractivity contribution in [3.63, 3.8) is 0 Å². The van der Waals surface area contributed by atoms with Gasteiger partial charge >= 0.3 is 8.80 Å². The second-order valence-corrected chi connectivity index (χ2v) is 8.57. The van der Waals surface area contributed by atoms with E-state index in [0.717, 1.165) is 44.0 Å². The van der Waals surface area contributed by atoms with E-state index >= 15 is 0 Å². The lowest BCUT2D eigenvalue weighted by molar-refractivity contribution is -0.0320. The van der Waals surface area contributed by atoms with Crippen molar-refractivity contribution in [3.8, 4) is 0 Å². The second kappa shape index (κ2) is 5.84. The van der Waals surface area contributed by atoms with Crippen molar-refractivity contribution in [2.75, 3.05) is 44.0 Å². The smallest absolute Gasteiger partial charge is 0.372 e. The predicted molar refractivity (Wildman–Crippen MR) is 67.6 cm³/mol. The zero-order valence-electron chi connectivity index (χ0n) is 10.1. The molecule has 3 heterocycles. The fraction of sp³-hybridized carbons (Fsp3) is 1.00. The van der Waals surface area contributed by atoms with Crippen LogP contribution in [0.15, 0.2) is 0 Å². The molecule has 0 spiro atoms. The summed E-state index contributed by atoms with van der Waals surface area (Å²) in [5.74, 6) is 1.09. The minimum absolute atomic E-state index is 0.227. The highest BCUT2D eigenvalue weighted by Gasteiger charge is 2.45. The van der Waals surface area contributed by atoms with Crippen LogP contribution in [-0.4, -0.2) is 63.8 Å². The van der Waals surface area contributed by atoms with Gasteiger partial charge in [-0.15, -0.1) is 0 Å². The van der Waals surface area contributed by atoms with E-state index in [1.54, 1.807) is 0 Å². The summed E-state index contributed by atoms with van der Waals surface area (Å²) in [6.45, 7) is 8.83. The summed E-state index contributed by atoms with van der Waals surface area (Å²) in [6.07, 6.45) is 0.227. The van der Waals surface area contributed by atoms with Crippen LogP contribution in [0.1, 0.15) is 13.8 Å². The van der Waals surface area contributed by atoms with Crippen molar-refractivity contribution in [2.45, 2.75) is 20.0 Å². The average molecular weight is 263 g/mol. The van der Waals surface area contributed by atoms with Crippen molar-refractivity contribution in [3.05, 3.63) is 0 Å². The Hall–Kier alpha value is 0.407. The maximum absolute atomic E-state index is 6.08. The first-order valence-corrected chi connectivity index (χ1v) is 9.08. The summed E-state index contributed by atoms with van der Waals surface area (Å²) in [5, 5.41) is 0.897. The molecule has 0 saturated carbocycles. The van der Waals surface area contributed by atoms with E-state index in [0.29, 0.717) is 0 Å². The van der Waals surface area contributed by atoms with Crippen molar-refractivity contribution in [1.29, 1.82) is 0 Å². The van der Waals surface area contributed by atoms with Crippen LogP contribution in [0.5, 0.6) is 0 Å². The van der Waals surface area contributed by atoms with Gasteiger partial charge in [-0.05, 0) is 12.7 Å². The van der Waals surface area contributed by atoms with Gasteiger partial charge in [-0.2, -0.15) is 11.8 Å². The summed E-state index contributed by atoms with van der Waals surface area (Å²) >= 11 is 1.86. The van der Waals surface area contributed by atoms with Crippen LogP contribution in [0.2, 0.25) is 0 Å². The summed E-state index contributed by atoms with van der Waals surface area (Å²) in [5.41, 5.74) is 0. The maximum Gasteiger partial charge on any atom is 0.511 e. The minimum atomic E-state index is -2.38. The second-order valence-electron chi connectivity index (χ2n) is 4.25. The number of nitrogens with zero attached hydrogens (tertiary/aromatic N) is 1. The first-order valence-electron chi connectivity index (χ1n) is 6.00. The molecule has 3 rings (SSSR count). The van der Waals surface area contributed by atoms with Crippen LogP contribution in [0.25, 0.3) is 0 Å². The van der Waals surface area contributed by atoms with Crippen molar-refractivity contribution in [2.24, 2.45) is 0 Å². The monoisotopic (exact) mass is 263 g/mol. The van der Waals surface area contributed by atoms with Gasteiger partial charge in [-0.25, -0.2) is 0 Å². The quantitative estimate of drug-likeness (QED) is 0.709. The van der Waals surface area contributed by atoms with Crippen molar-refractivity contribution in [1.82, 2.24) is 4.90 Å². The van der Waals surface area contributed by atoms with Crippen LogP contribution in [0, 0.1) is 0 Å². The highest BCUT2D eigenvalue weighted by Crippen LogP contribution is 2.22. The maximum atomic E-state index is 6.08. The van der Waals surface area contributed by atoms with Gasteiger partial charge in [0.2, 0.25) is 0 Å². The lowest BCUT2D eigenvalue weighted by Gasteiger charge is -2.40. The van der Waals surface area contributed by atoms with E-state index in [9.17, 15) is 0 Å². The molecule has 1 unspecified atom stereocenters. The molecule has 6 heteroatoms. The Kier molecular flexibility index (Phi) is 4.69. The van der Waals surface area contributed by atoms with E-state index in [4.69, 9.17) is 13.3 Å². The molecule has 0 aromatic heterocycles. The molecule has 1 atom stereocenters. The highest BCUT2D eigenvalue weighted by molar-refractivity contribution is 8.00. The molecule has 0 aromatic rings. The molecule has 3 aliphatic rings. The Morgan fingerprint density at radius 2 is 2.00 bits per heavy atom. The molecule has 3 aliphatic heterocycles. The average Bonchev–Trinajstić information content (AvgIpc) is 2.18. The molecular formula is C10H21NO3SSi. The molecule has 2 bridgehead atoms. The molecule has 94 valence electrons. The SMILES string of the molecule is CCSC[Si]12OCCN(CCO1)CC(C)O2. The third-order valence-electron chi connectivity index (χ3n) is 2.84. The van der Waals surface area contributed by atoms with Crippen LogP contribution >= 0.6 is 11.8 Å². The molecule has 16 heavy (non-hydrogen) atoms. The van der Waals surface area contributed by atoms with E-state index in [1.807, 2.05) is 11.8 Å². The zero-order chi connectivity index (χ0) is 11.4. The molecule has 0 aromatic carbocycles. The number of thioether (sulfide) groups is 1. The molecule has 4 nitrogen and oxygen atoms in total. The van der Waals surface area contributed by atoms with Gasteiger partial charge in [0.1, 0.15) is 0 Å². The standard InChI is InChI=1S/C10H21NO3SSi/c1-3-15-9-16-12-6-4-11(5-7-13-16)8-10(2)14-16/h10H,3-9H2,1-2H3. The molecule has 0 amide bonds. The predicted octanol–water partition coefficient (Wildman–Crippen LogP) is 0.985. The fourth-order valence-electron chi connectivity index (χ4n) is 2.12. The molecule has 3 fully saturated rings. The minimum Gasteiger partial charge on any atom is -0.372 e. The Morgan fingerprint density at radius 3 is 2.62 bits per heavy atom. The van der Waals surface area contributed by atoms with Gasteiger partial charge in [0.15, 0.2) is 0 Å². The molecule has 0 aliphatic carbocycles. The molecule has 0 N–H and O–H groups in total. The zero-order valence-corrected chi connectivity index (χ0v) is 11.9. The third kappa shape index (κ3) is 3.21. The van der Waals surface area contributed by atoms with Gasteiger partial charge in [0.05, 0.1) is 24.7 Å². The van der Waals surface area contributed by atoms with Crippen LogP contribution in [0.4, 0.5) is 0 Å². The van der Waals surface area contributed by atoms with Crippen molar-refractivity contribution < 1.29 is 13.3 Å². The Morgan fingerprint density at radius 1 is 1.31 bits per heavy atom. The van der Waals surface area contributed by atoms with Crippen LogP contribution < -0.4 is 0 Å². The Bertz CT molecular complexity index is 217. The molecular weight excluding hydrogens is 242 g/mol. The number of rotatable bonds is 3. The van der Waals surface area contributed by atoms with Gasteiger partial charge < -0.3 is 13.3 Å². The first-order chi connectivity index (χ1) is 7.74. The van der Waals surface area contributed by atoms with E-state index in [-0.39, 0.29) is 6.10 Å². The van der Waals surface area contributed by atoms with Gasteiger partial charge in [-0.3, -0.25) is 4.90 Å².